The van der Waals surface area contributed by atoms with Gasteiger partial charge in [0.15, 0.2) is 0 Å². The molecule has 0 aliphatic rings. The summed E-state index contributed by atoms with van der Waals surface area (Å²) in [5.41, 5.74) is 0.152. The molecule has 23 heavy (non-hydrogen) atoms. The molecule has 0 saturated carbocycles. The van der Waals surface area contributed by atoms with Crippen LogP contribution in [0.2, 0.25) is 0 Å². The van der Waals surface area contributed by atoms with E-state index in [1.165, 1.54) is 0 Å². The summed E-state index contributed by atoms with van der Waals surface area (Å²) < 4.78 is 0. The number of nitrogens with one attached hydrogen (secondary N) is 2. The molecule has 1 atom stereocenters. The highest BCUT2D eigenvalue weighted by Crippen LogP contribution is 2.24. The second-order valence-electron chi connectivity index (χ2n) is 6.24. The number of aromatic nitrogens is 1. The van der Waals surface area contributed by atoms with Gasteiger partial charge in [0.2, 0.25) is 11.8 Å². The van der Waals surface area contributed by atoms with Gasteiger partial charge in [0.25, 0.3) is 0 Å². The van der Waals surface area contributed by atoms with Crippen molar-refractivity contribution in [3.8, 4) is 0 Å². The highest BCUT2D eigenvalue weighted by Gasteiger charge is 2.36. The largest absolute Gasteiger partial charge is 0.353 e. The van der Waals surface area contributed by atoms with Crippen molar-refractivity contribution in [1.29, 1.82) is 0 Å². The number of fused-ring (bicyclic) bond motifs is 1. The molecule has 122 valence electrons. The molecule has 0 radical (unpaired) electrons. The molecule has 0 bridgehead atoms. The third kappa shape index (κ3) is 3.67. The van der Waals surface area contributed by atoms with Crippen LogP contribution in [-0.4, -0.2) is 22.8 Å². The smallest absolute Gasteiger partial charge is 0.239 e. The van der Waals surface area contributed by atoms with E-state index in [2.05, 4.69) is 15.6 Å². The molecule has 1 aromatic carbocycles. The van der Waals surface area contributed by atoms with Crippen LogP contribution >= 0.6 is 0 Å². The number of pyridine rings is 1. The highest BCUT2D eigenvalue weighted by molar-refractivity contribution is 6.12. The number of para-hydroxylation sites is 1. The van der Waals surface area contributed by atoms with Crippen molar-refractivity contribution in [1.82, 2.24) is 10.3 Å². The van der Waals surface area contributed by atoms with Crippen LogP contribution < -0.4 is 10.6 Å². The van der Waals surface area contributed by atoms with E-state index in [9.17, 15) is 9.59 Å². The molecule has 2 amide bonds. The molecule has 0 fully saturated rings. The summed E-state index contributed by atoms with van der Waals surface area (Å²) in [4.78, 5) is 29.2. The van der Waals surface area contributed by atoms with Crippen molar-refractivity contribution in [3.05, 3.63) is 36.5 Å². The maximum absolute atomic E-state index is 12.6. The van der Waals surface area contributed by atoms with E-state index >= 15 is 0 Å². The molecule has 2 rings (SSSR count). The van der Waals surface area contributed by atoms with Gasteiger partial charge >= 0.3 is 0 Å². The first-order valence-corrected chi connectivity index (χ1v) is 7.82. The number of nitrogens with zero attached hydrogens (tertiary/aromatic N) is 1. The van der Waals surface area contributed by atoms with Gasteiger partial charge in [0, 0.05) is 17.6 Å². The van der Waals surface area contributed by atoms with Crippen LogP contribution in [0.4, 0.5) is 5.69 Å². The fourth-order valence-electron chi connectivity index (χ4n) is 2.09. The van der Waals surface area contributed by atoms with Crippen molar-refractivity contribution >= 4 is 28.4 Å². The minimum Gasteiger partial charge on any atom is -0.353 e. The Morgan fingerprint density at radius 2 is 1.87 bits per heavy atom. The van der Waals surface area contributed by atoms with Gasteiger partial charge in [-0.1, -0.05) is 25.1 Å². The molecular weight excluding hydrogens is 290 g/mol. The maximum atomic E-state index is 12.6. The molecule has 1 aromatic heterocycles. The maximum Gasteiger partial charge on any atom is 0.239 e. The molecular formula is C18H23N3O2. The summed E-state index contributed by atoms with van der Waals surface area (Å²) in [6, 6.07) is 9.38. The van der Waals surface area contributed by atoms with Gasteiger partial charge in [-0.2, -0.15) is 0 Å². The van der Waals surface area contributed by atoms with Crippen molar-refractivity contribution in [2.45, 2.75) is 40.2 Å². The second-order valence-corrected chi connectivity index (χ2v) is 6.24. The summed E-state index contributed by atoms with van der Waals surface area (Å²) in [5, 5.41) is 6.63. The van der Waals surface area contributed by atoms with Gasteiger partial charge < -0.3 is 10.6 Å². The molecule has 1 unspecified atom stereocenters. The van der Waals surface area contributed by atoms with Crippen molar-refractivity contribution in [3.63, 3.8) is 0 Å². The van der Waals surface area contributed by atoms with Gasteiger partial charge in [-0.3, -0.25) is 14.6 Å². The lowest BCUT2D eigenvalue weighted by atomic mass is 9.90. The first-order chi connectivity index (χ1) is 10.9. The molecule has 5 nitrogen and oxygen atoms in total. The average molecular weight is 313 g/mol. The Hall–Kier alpha value is -2.43. The number of rotatable bonds is 5. The zero-order valence-corrected chi connectivity index (χ0v) is 14.0. The van der Waals surface area contributed by atoms with Crippen molar-refractivity contribution in [2.24, 2.45) is 5.41 Å². The number of carbonyl (C=O) groups excluding carboxylic acids is 2. The van der Waals surface area contributed by atoms with Crippen LogP contribution in [0.15, 0.2) is 36.5 Å². The summed E-state index contributed by atoms with van der Waals surface area (Å²) in [6.07, 6.45) is 2.50. The lowest BCUT2D eigenvalue weighted by molar-refractivity contribution is -0.138. The zero-order valence-electron chi connectivity index (χ0n) is 14.0. The highest BCUT2D eigenvalue weighted by atomic mass is 16.2. The van der Waals surface area contributed by atoms with Gasteiger partial charge in [0.05, 0.1) is 11.2 Å². The van der Waals surface area contributed by atoms with E-state index in [-0.39, 0.29) is 17.9 Å². The zero-order chi connectivity index (χ0) is 17.0. The molecule has 0 aliphatic carbocycles. The van der Waals surface area contributed by atoms with Crippen molar-refractivity contribution in [2.75, 3.05) is 5.32 Å². The minimum atomic E-state index is -1.17. The summed E-state index contributed by atoms with van der Waals surface area (Å²) >= 11 is 0. The standard InChI is InChI=1S/C18H23N3O2/c1-5-12(2)20-16(22)18(3,4)17(23)21-14-10-6-8-13-9-7-11-19-15(13)14/h6-12H,5H2,1-4H3,(H,20,22)(H,21,23). The summed E-state index contributed by atoms with van der Waals surface area (Å²) in [5.74, 6) is -0.631. The van der Waals surface area contributed by atoms with Gasteiger partial charge in [0.1, 0.15) is 5.41 Å². The average Bonchev–Trinajstić information content (AvgIpc) is 2.54. The number of hydrogen-bond donors (Lipinski definition) is 2. The van der Waals surface area contributed by atoms with E-state index in [1.807, 2.05) is 38.1 Å². The van der Waals surface area contributed by atoms with E-state index in [0.29, 0.717) is 11.2 Å². The third-order valence-corrected chi connectivity index (χ3v) is 4.01. The number of carbonyl (C=O) groups is 2. The second kappa shape index (κ2) is 6.77. The Kier molecular flexibility index (Phi) is 4.98. The van der Waals surface area contributed by atoms with Crippen LogP contribution in [0.1, 0.15) is 34.1 Å². The summed E-state index contributed by atoms with van der Waals surface area (Å²) in [7, 11) is 0. The lowest BCUT2D eigenvalue weighted by Gasteiger charge is -2.25. The number of hydrogen-bond acceptors (Lipinski definition) is 3. The fraction of sp³-hybridized carbons (Fsp3) is 0.389. The Labute approximate surface area is 136 Å². The molecule has 2 N–H and O–H groups in total. The first-order valence-electron chi connectivity index (χ1n) is 7.82. The number of amides is 2. The molecule has 0 saturated heterocycles. The fourth-order valence-corrected chi connectivity index (χ4v) is 2.09. The monoisotopic (exact) mass is 313 g/mol. The van der Waals surface area contributed by atoms with E-state index in [1.54, 1.807) is 26.1 Å². The summed E-state index contributed by atoms with van der Waals surface area (Å²) in [6.45, 7) is 7.15. The molecule has 5 heteroatoms. The Bertz CT molecular complexity index is 720. The van der Waals surface area contributed by atoms with Gasteiger partial charge in [-0.05, 0) is 39.3 Å². The van der Waals surface area contributed by atoms with E-state index in [0.717, 1.165) is 11.8 Å². The predicted molar refractivity (Wildman–Crippen MR) is 92.0 cm³/mol. The number of anilines is 1. The number of benzene rings is 1. The van der Waals surface area contributed by atoms with Crippen LogP contribution in [0.3, 0.4) is 0 Å². The van der Waals surface area contributed by atoms with E-state index in [4.69, 9.17) is 0 Å². The normalized spacial score (nSPS) is 12.7. The quantitative estimate of drug-likeness (QED) is 0.833. The van der Waals surface area contributed by atoms with Crippen molar-refractivity contribution < 1.29 is 9.59 Å². The topological polar surface area (TPSA) is 71.1 Å². The SMILES string of the molecule is CCC(C)NC(=O)C(C)(C)C(=O)Nc1cccc2cccnc12. The molecule has 1 heterocycles. The molecule has 0 spiro atoms. The predicted octanol–water partition coefficient (Wildman–Crippen LogP) is 3.11. The van der Waals surface area contributed by atoms with Crippen LogP contribution in [0.25, 0.3) is 10.9 Å². The first kappa shape index (κ1) is 16.9. The Balaban J connectivity index is 2.21. The van der Waals surface area contributed by atoms with Crippen LogP contribution in [-0.2, 0) is 9.59 Å². The van der Waals surface area contributed by atoms with Gasteiger partial charge in [-0.25, -0.2) is 0 Å². The van der Waals surface area contributed by atoms with Crippen LogP contribution in [0, 0.1) is 5.41 Å². The Morgan fingerprint density at radius 3 is 2.57 bits per heavy atom. The molecule has 0 aliphatic heterocycles. The Morgan fingerprint density at radius 1 is 1.17 bits per heavy atom. The lowest BCUT2D eigenvalue weighted by Crippen LogP contribution is -2.47. The van der Waals surface area contributed by atoms with Crippen LogP contribution in [0.5, 0.6) is 0 Å². The third-order valence-electron chi connectivity index (χ3n) is 4.01. The van der Waals surface area contributed by atoms with E-state index < -0.39 is 5.41 Å². The molecule has 2 aromatic rings. The minimum absolute atomic E-state index is 0.0359. The van der Waals surface area contributed by atoms with Gasteiger partial charge in [-0.15, -0.1) is 0 Å².